The Morgan fingerprint density at radius 2 is 1.81 bits per heavy atom. The number of nitrogens with two attached hydrogens (primary N) is 1. The summed E-state index contributed by atoms with van der Waals surface area (Å²) in [6, 6.07) is 13.2. The molecule has 2 heterocycles. The summed E-state index contributed by atoms with van der Waals surface area (Å²) in [5.41, 5.74) is 8.49. The van der Waals surface area contributed by atoms with E-state index in [-0.39, 0.29) is 17.6 Å². The van der Waals surface area contributed by atoms with Crippen LogP contribution in [-0.2, 0) is 6.54 Å². The molecule has 1 aromatic heterocycles. The summed E-state index contributed by atoms with van der Waals surface area (Å²) in [5.74, 6) is -0.220. The molecule has 138 valence electrons. The van der Waals surface area contributed by atoms with E-state index in [0.717, 1.165) is 32.5 Å². The number of benzene rings is 1. The summed E-state index contributed by atoms with van der Waals surface area (Å²) in [6.07, 6.45) is 1.76. The zero-order chi connectivity index (χ0) is 19.2. The molecule has 0 unspecified atom stereocenters. The molecule has 7 heteroatoms. The fraction of sp³-hybridized carbons (Fsp3) is 0.300. The van der Waals surface area contributed by atoms with Crippen molar-refractivity contribution in [3.8, 4) is 6.07 Å². The Morgan fingerprint density at radius 3 is 2.37 bits per heavy atom. The maximum Gasteiger partial charge on any atom is 0.272 e. The third kappa shape index (κ3) is 4.90. The Bertz CT molecular complexity index is 846. The molecule has 1 amide bonds. The summed E-state index contributed by atoms with van der Waals surface area (Å²) < 4.78 is 0. The van der Waals surface area contributed by atoms with Crippen LogP contribution in [0, 0.1) is 11.3 Å². The highest BCUT2D eigenvalue weighted by Crippen LogP contribution is 2.15. The lowest BCUT2D eigenvalue weighted by Crippen LogP contribution is -2.44. The maximum atomic E-state index is 12.3. The van der Waals surface area contributed by atoms with Crippen LogP contribution in [0.2, 0.25) is 0 Å². The fourth-order valence-electron chi connectivity index (χ4n) is 3.06. The number of carbonyl (C=O) groups is 1. The molecule has 0 saturated carbocycles. The van der Waals surface area contributed by atoms with E-state index >= 15 is 0 Å². The molecular weight excluding hydrogens is 340 g/mol. The van der Waals surface area contributed by atoms with Gasteiger partial charge in [0.1, 0.15) is 5.69 Å². The van der Waals surface area contributed by atoms with Crippen molar-refractivity contribution >= 4 is 11.6 Å². The van der Waals surface area contributed by atoms with Crippen molar-refractivity contribution in [1.29, 1.82) is 5.26 Å². The lowest BCUT2D eigenvalue weighted by Gasteiger charge is -2.32. The van der Waals surface area contributed by atoms with Crippen molar-refractivity contribution in [1.82, 2.24) is 20.4 Å². The summed E-state index contributed by atoms with van der Waals surface area (Å²) >= 11 is 0. The highest BCUT2D eigenvalue weighted by Gasteiger charge is 2.21. The Labute approximate surface area is 158 Å². The van der Waals surface area contributed by atoms with Crippen LogP contribution in [-0.4, -0.2) is 40.1 Å². The van der Waals surface area contributed by atoms with Gasteiger partial charge in [0.15, 0.2) is 5.69 Å². The summed E-state index contributed by atoms with van der Waals surface area (Å²) in [5, 5.41) is 19.7. The first-order valence-electron chi connectivity index (χ1n) is 8.86. The smallest absolute Gasteiger partial charge is 0.272 e. The number of carbonyl (C=O) groups excluding carboxylic acids is 1. The molecule has 1 aromatic carbocycles. The first-order valence-corrected chi connectivity index (χ1v) is 8.86. The zero-order valence-electron chi connectivity index (χ0n) is 15.1. The monoisotopic (exact) mass is 362 g/mol. The SMILES string of the molecule is C=C(N)c1ccc(C(=O)NC2CCN(Cc3ccc(C#N)cc3)CC2)nn1. The van der Waals surface area contributed by atoms with Crippen LogP contribution in [0.25, 0.3) is 5.70 Å². The molecule has 3 rings (SSSR count). The van der Waals surface area contributed by atoms with Gasteiger partial charge in [0, 0.05) is 25.7 Å². The van der Waals surface area contributed by atoms with Gasteiger partial charge < -0.3 is 11.1 Å². The van der Waals surface area contributed by atoms with E-state index < -0.39 is 0 Å². The van der Waals surface area contributed by atoms with Crippen molar-refractivity contribution in [2.24, 2.45) is 5.73 Å². The summed E-state index contributed by atoms with van der Waals surface area (Å²) in [4.78, 5) is 14.7. The van der Waals surface area contributed by atoms with Crippen LogP contribution < -0.4 is 11.1 Å². The zero-order valence-corrected chi connectivity index (χ0v) is 15.1. The molecular formula is C20H22N6O. The lowest BCUT2D eigenvalue weighted by molar-refractivity contribution is 0.0903. The molecule has 1 aliphatic heterocycles. The number of rotatable bonds is 5. The summed E-state index contributed by atoms with van der Waals surface area (Å²) in [7, 11) is 0. The van der Waals surface area contributed by atoms with Crippen molar-refractivity contribution in [3.63, 3.8) is 0 Å². The minimum atomic E-state index is -0.220. The molecule has 1 aliphatic rings. The molecule has 2 aromatic rings. The number of hydrogen-bond donors (Lipinski definition) is 2. The minimum absolute atomic E-state index is 0.126. The summed E-state index contributed by atoms with van der Waals surface area (Å²) in [6.45, 7) is 6.26. The average molecular weight is 362 g/mol. The second-order valence-corrected chi connectivity index (χ2v) is 6.66. The molecule has 27 heavy (non-hydrogen) atoms. The van der Waals surface area contributed by atoms with Gasteiger partial charge in [0.25, 0.3) is 5.91 Å². The number of likely N-dealkylation sites (tertiary alicyclic amines) is 1. The van der Waals surface area contributed by atoms with Crippen molar-refractivity contribution in [2.75, 3.05) is 13.1 Å². The van der Waals surface area contributed by atoms with Crippen molar-refractivity contribution < 1.29 is 4.79 Å². The van der Waals surface area contributed by atoms with Crippen LogP contribution in [0.5, 0.6) is 0 Å². The molecule has 3 N–H and O–H groups in total. The topological polar surface area (TPSA) is 108 Å². The third-order valence-corrected chi connectivity index (χ3v) is 4.64. The largest absolute Gasteiger partial charge is 0.397 e. The van der Waals surface area contributed by atoms with Gasteiger partial charge >= 0.3 is 0 Å². The molecule has 0 atom stereocenters. The van der Waals surface area contributed by atoms with Gasteiger partial charge in [-0.25, -0.2) is 0 Å². The van der Waals surface area contributed by atoms with E-state index in [4.69, 9.17) is 11.0 Å². The minimum Gasteiger partial charge on any atom is -0.397 e. The predicted molar refractivity (Wildman–Crippen MR) is 102 cm³/mol. The van der Waals surface area contributed by atoms with Gasteiger partial charge in [-0.2, -0.15) is 5.26 Å². The fourth-order valence-corrected chi connectivity index (χ4v) is 3.06. The molecule has 0 bridgehead atoms. The van der Waals surface area contributed by atoms with Crippen LogP contribution in [0.15, 0.2) is 43.0 Å². The molecule has 1 saturated heterocycles. The van der Waals surface area contributed by atoms with E-state index in [0.29, 0.717) is 17.0 Å². The van der Waals surface area contributed by atoms with Crippen LogP contribution in [0.1, 0.15) is 40.2 Å². The number of nitrogens with zero attached hydrogens (tertiary/aromatic N) is 4. The first-order chi connectivity index (χ1) is 13.0. The molecule has 0 spiro atoms. The number of hydrogen-bond acceptors (Lipinski definition) is 6. The Morgan fingerprint density at radius 1 is 1.19 bits per heavy atom. The van der Waals surface area contributed by atoms with E-state index in [1.54, 1.807) is 12.1 Å². The van der Waals surface area contributed by atoms with E-state index in [2.05, 4.69) is 33.1 Å². The average Bonchev–Trinajstić information content (AvgIpc) is 2.70. The number of nitriles is 1. The Hall–Kier alpha value is -3.24. The second-order valence-electron chi connectivity index (χ2n) is 6.66. The van der Waals surface area contributed by atoms with Gasteiger partial charge in [-0.15, -0.1) is 10.2 Å². The highest BCUT2D eigenvalue weighted by molar-refractivity contribution is 5.92. The van der Waals surface area contributed by atoms with Crippen LogP contribution >= 0.6 is 0 Å². The van der Waals surface area contributed by atoms with E-state index in [1.807, 2.05) is 24.3 Å². The van der Waals surface area contributed by atoms with Gasteiger partial charge in [0.2, 0.25) is 0 Å². The number of piperidine rings is 1. The first kappa shape index (κ1) is 18.5. The third-order valence-electron chi connectivity index (χ3n) is 4.64. The number of nitrogens with one attached hydrogen (secondary N) is 1. The van der Waals surface area contributed by atoms with E-state index in [9.17, 15) is 4.79 Å². The standard InChI is InChI=1S/C20H22N6O/c1-14(22)18-6-7-19(25-24-18)20(27)23-17-8-10-26(11-9-17)13-16-4-2-15(12-21)3-5-16/h2-7,17H,1,8-11,13,22H2,(H,23,27). The van der Waals surface area contributed by atoms with Gasteiger partial charge in [-0.1, -0.05) is 18.7 Å². The maximum absolute atomic E-state index is 12.3. The van der Waals surface area contributed by atoms with Gasteiger partial charge in [-0.3, -0.25) is 9.69 Å². The molecule has 0 radical (unpaired) electrons. The van der Waals surface area contributed by atoms with Crippen LogP contribution in [0.3, 0.4) is 0 Å². The number of amides is 1. The Balaban J connectivity index is 1.48. The second kappa shape index (κ2) is 8.43. The predicted octanol–water partition coefficient (Wildman–Crippen LogP) is 1.67. The van der Waals surface area contributed by atoms with Crippen LogP contribution in [0.4, 0.5) is 0 Å². The molecule has 0 aliphatic carbocycles. The normalized spacial score (nSPS) is 15.1. The highest BCUT2D eigenvalue weighted by atomic mass is 16.2. The van der Waals surface area contributed by atoms with Gasteiger partial charge in [-0.05, 0) is 42.7 Å². The lowest BCUT2D eigenvalue weighted by atomic mass is 10.0. The number of aromatic nitrogens is 2. The quantitative estimate of drug-likeness (QED) is 0.838. The Kier molecular flexibility index (Phi) is 5.79. The molecule has 1 fully saturated rings. The van der Waals surface area contributed by atoms with Crippen molar-refractivity contribution in [3.05, 3.63) is 65.5 Å². The van der Waals surface area contributed by atoms with Gasteiger partial charge in [0.05, 0.1) is 17.3 Å². The van der Waals surface area contributed by atoms with Crippen molar-refractivity contribution in [2.45, 2.75) is 25.4 Å². The van der Waals surface area contributed by atoms with E-state index in [1.165, 1.54) is 5.56 Å². The molecule has 7 nitrogen and oxygen atoms in total.